The van der Waals surface area contributed by atoms with Crippen molar-refractivity contribution in [2.45, 2.75) is 0 Å². The zero-order chi connectivity index (χ0) is 9.26. The molecule has 0 bridgehead atoms. The van der Waals surface area contributed by atoms with Gasteiger partial charge in [0.1, 0.15) is 10.8 Å². The minimum atomic E-state index is 0.494. The van der Waals surface area contributed by atoms with E-state index in [-0.39, 0.29) is 0 Å². The predicted molar refractivity (Wildman–Crippen MR) is 51.2 cm³/mol. The zero-order valence-electron chi connectivity index (χ0n) is 6.66. The van der Waals surface area contributed by atoms with Crippen LogP contribution in [0.3, 0.4) is 0 Å². The van der Waals surface area contributed by atoms with E-state index in [9.17, 15) is 0 Å². The molecule has 13 heavy (non-hydrogen) atoms. The van der Waals surface area contributed by atoms with Gasteiger partial charge in [0.25, 0.3) is 0 Å². The van der Waals surface area contributed by atoms with Crippen molar-refractivity contribution in [3.05, 3.63) is 29.7 Å². The first-order valence-corrected chi connectivity index (χ1v) is 4.06. The standard InChI is InChI=1S/C8H7ClN4/c9-7-4-12-8(13-7)6-2-1-5(10)3-11-6/h1-4H,10H2,(H,12,13). The number of nitrogens with zero attached hydrogens (tertiary/aromatic N) is 2. The minimum absolute atomic E-state index is 0.494. The summed E-state index contributed by atoms with van der Waals surface area (Å²) in [6.45, 7) is 0. The first-order valence-electron chi connectivity index (χ1n) is 3.68. The maximum Gasteiger partial charge on any atom is 0.157 e. The first-order chi connectivity index (χ1) is 6.25. The highest BCUT2D eigenvalue weighted by molar-refractivity contribution is 6.29. The fourth-order valence-electron chi connectivity index (χ4n) is 0.974. The van der Waals surface area contributed by atoms with Gasteiger partial charge >= 0.3 is 0 Å². The molecule has 4 nitrogen and oxygen atoms in total. The summed E-state index contributed by atoms with van der Waals surface area (Å²) in [6.07, 6.45) is 3.11. The molecule has 0 aromatic carbocycles. The molecule has 0 saturated heterocycles. The quantitative estimate of drug-likeness (QED) is 0.726. The average molecular weight is 195 g/mol. The van der Waals surface area contributed by atoms with E-state index in [2.05, 4.69) is 15.0 Å². The van der Waals surface area contributed by atoms with Crippen LogP contribution in [0.4, 0.5) is 5.69 Å². The number of imidazole rings is 1. The summed E-state index contributed by atoms with van der Waals surface area (Å²) in [5.74, 6) is 0.644. The normalized spacial score (nSPS) is 10.2. The number of anilines is 1. The molecule has 2 heterocycles. The number of aromatic amines is 1. The van der Waals surface area contributed by atoms with Crippen LogP contribution in [-0.4, -0.2) is 15.0 Å². The van der Waals surface area contributed by atoms with Gasteiger partial charge in [-0.1, -0.05) is 11.6 Å². The number of rotatable bonds is 1. The molecule has 0 aliphatic heterocycles. The maximum atomic E-state index is 5.67. The first kappa shape index (κ1) is 8.07. The van der Waals surface area contributed by atoms with Crippen molar-refractivity contribution >= 4 is 17.3 Å². The van der Waals surface area contributed by atoms with Crippen molar-refractivity contribution in [3.63, 3.8) is 0 Å². The Labute approximate surface area is 79.8 Å². The Hall–Kier alpha value is -1.55. The Morgan fingerprint density at radius 1 is 1.23 bits per heavy atom. The van der Waals surface area contributed by atoms with E-state index in [1.807, 2.05) is 0 Å². The Kier molecular flexibility index (Phi) is 1.90. The topological polar surface area (TPSA) is 67.6 Å². The smallest absolute Gasteiger partial charge is 0.157 e. The lowest BCUT2D eigenvalue weighted by molar-refractivity contribution is 1.23. The molecule has 2 rings (SSSR count). The van der Waals surface area contributed by atoms with E-state index in [0.717, 1.165) is 5.69 Å². The number of hydrogen-bond donors (Lipinski definition) is 2. The van der Waals surface area contributed by atoms with Crippen LogP contribution >= 0.6 is 11.6 Å². The summed E-state index contributed by atoms with van der Waals surface area (Å²) >= 11 is 5.67. The van der Waals surface area contributed by atoms with Gasteiger partial charge in [-0.2, -0.15) is 0 Å². The number of nitrogen functional groups attached to an aromatic ring is 1. The molecule has 0 saturated carbocycles. The lowest BCUT2D eigenvalue weighted by atomic mass is 10.3. The van der Waals surface area contributed by atoms with Crippen molar-refractivity contribution < 1.29 is 0 Å². The minimum Gasteiger partial charge on any atom is -0.397 e. The van der Waals surface area contributed by atoms with Crippen LogP contribution in [-0.2, 0) is 0 Å². The second-order valence-corrected chi connectivity index (χ2v) is 2.96. The molecule has 0 aliphatic rings. The number of hydrogen-bond acceptors (Lipinski definition) is 3. The average Bonchev–Trinajstić information content (AvgIpc) is 2.53. The molecule has 0 amide bonds. The van der Waals surface area contributed by atoms with Crippen molar-refractivity contribution in [2.24, 2.45) is 0 Å². The monoisotopic (exact) mass is 194 g/mol. The van der Waals surface area contributed by atoms with Crippen LogP contribution in [0, 0.1) is 0 Å². The van der Waals surface area contributed by atoms with Crippen LogP contribution in [0.5, 0.6) is 0 Å². The molecule has 0 radical (unpaired) electrons. The molecule has 0 unspecified atom stereocenters. The lowest BCUT2D eigenvalue weighted by Crippen LogP contribution is -1.89. The third-order valence-corrected chi connectivity index (χ3v) is 1.77. The predicted octanol–water partition coefficient (Wildman–Crippen LogP) is 1.71. The highest BCUT2D eigenvalue weighted by Crippen LogP contribution is 2.15. The van der Waals surface area contributed by atoms with Gasteiger partial charge in [0.05, 0.1) is 18.1 Å². The maximum absolute atomic E-state index is 5.67. The summed E-state index contributed by atoms with van der Waals surface area (Å²) in [6, 6.07) is 3.54. The van der Waals surface area contributed by atoms with Crippen molar-refractivity contribution in [3.8, 4) is 11.5 Å². The van der Waals surface area contributed by atoms with Crippen LogP contribution in [0.2, 0.25) is 5.15 Å². The molecule has 0 aliphatic carbocycles. The SMILES string of the molecule is Nc1ccc(-c2ncc(Cl)[nH]2)nc1. The zero-order valence-corrected chi connectivity index (χ0v) is 7.42. The van der Waals surface area contributed by atoms with Crippen LogP contribution < -0.4 is 5.73 Å². The second-order valence-electron chi connectivity index (χ2n) is 2.56. The molecular formula is C8H7ClN4. The van der Waals surface area contributed by atoms with E-state index >= 15 is 0 Å². The Morgan fingerprint density at radius 3 is 2.62 bits per heavy atom. The fourth-order valence-corrected chi connectivity index (χ4v) is 1.11. The molecule has 0 atom stereocenters. The third-order valence-electron chi connectivity index (χ3n) is 1.57. The summed E-state index contributed by atoms with van der Waals surface area (Å²) in [5.41, 5.74) is 6.84. The van der Waals surface area contributed by atoms with Crippen LogP contribution in [0.25, 0.3) is 11.5 Å². The molecule has 0 fully saturated rings. The number of H-pyrrole nitrogens is 1. The molecular weight excluding hydrogens is 188 g/mol. The highest BCUT2D eigenvalue weighted by Gasteiger charge is 2.02. The van der Waals surface area contributed by atoms with Gasteiger partial charge in [-0.3, -0.25) is 4.98 Å². The van der Waals surface area contributed by atoms with Gasteiger partial charge in [-0.25, -0.2) is 4.98 Å². The number of aromatic nitrogens is 3. The molecule has 3 N–H and O–H groups in total. The Bertz CT molecular complexity index is 406. The summed E-state index contributed by atoms with van der Waals surface area (Å²) in [7, 11) is 0. The van der Waals surface area contributed by atoms with Gasteiger partial charge in [0.2, 0.25) is 0 Å². The number of nitrogens with two attached hydrogens (primary N) is 1. The van der Waals surface area contributed by atoms with E-state index in [4.69, 9.17) is 17.3 Å². The fraction of sp³-hybridized carbons (Fsp3) is 0. The van der Waals surface area contributed by atoms with Crippen molar-refractivity contribution in [2.75, 3.05) is 5.73 Å². The molecule has 66 valence electrons. The Balaban J connectivity index is 2.41. The lowest BCUT2D eigenvalue weighted by Gasteiger charge is -1.95. The van der Waals surface area contributed by atoms with E-state index in [0.29, 0.717) is 16.7 Å². The molecule has 5 heteroatoms. The van der Waals surface area contributed by atoms with E-state index < -0.39 is 0 Å². The number of halogens is 1. The molecule has 2 aromatic heterocycles. The second kappa shape index (κ2) is 3.06. The van der Waals surface area contributed by atoms with E-state index in [1.54, 1.807) is 18.3 Å². The Morgan fingerprint density at radius 2 is 2.08 bits per heavy atom. The summed E-state index contributed by atoms with van der Waals surface area (Å²) in [4.78, 5) is 11.0. The molecule has 0 spiro atoms. The number of pyridine rings is 1. The summed E-state index contributed by atoms with van der Waals surface area (Å²) < 4.78 is 0. The van der Waals surface area contributed by atoms with Gasteiger partial charge in [0, 0.05) is 0 Å². The van der Waals surface area contributed by atoms with Crippen LogP contribution in [0.15, 0.2) is 24.5 Å². The van der Waals surface area contributed by atoms with Gasteiger partial charge < -0.3 is 10.7 Å². The number of nitrogens with one attached hydrogen (secondary N) is 1. The van der Waals surface area contributed by atoms with Gasteiger partial charge in [-0.15, -0.1) is 0 Å². The molecule has 2 aromatic rings. The van der Waals surface area contributed by atoms with Gasteiger partial charge in [-0.05, 0) is 12.1 Å². The van der Waals surface area contributed by atoms with Crippen molar-refractivity contribution in [1.82, 2.24) is 15.0 Å². The third kappa shape index (κ3) is 1.62. The largest absolute Gasteiger partial charge is 0.397 e. The summed E-state index contributed by atoms with van der Waals surface area (Å²) in [5, 5.41) is 0.494. The highest BCUT2D eigenvalue weighted by atomic mass is 35.5. The van der Waals surface area contributed by atoms with Crippen molar-refractivity contribution in [1.29, 1.82) is 0 Å². The van der Waals surface area contributed by atoms with Gasteiger partial charge in [0.15, 0.2) is 5.82 Å². The van der Waals surface area contributed by atoms with E-state index in [1.165, 1.54) is 6.20 Å². The van der Waals surface area contributed by atoms with Crippen LogP contribution in [0.1, 0.15) is 0 Å².